The number of aromatic nitrogens is 1. The summed E-state index contributed by atoms with van der Waals surface area (Å²) >= 11 is 1.23. The van der Waals surface area contributed by atoms with Crippen molar-refractivity contribution in [3.63, 3.8) is 0 Å². The Hall–Kier alpha value is -4.11. The number of rotatable bonds is 12. The monoisotopic (exact) mass is 548 g/mol. The van der Waals surface area contributed by atoms with E-state index < -0.39 is 11.6 Å². The Labute approximate surface area is 231 Å². The first-order chi connectivity index (χ1) is 18.8. The number of carbonyl (C=O) groups excluding carboxylic acids is 1. The second-order valence-electron chi connectivity index (χ2n) is 9.32. The van der Waals surface area contributed by atoms with Crippen molar-refractivity contribution in [2.24, 2.45) is 5.16 Å². The van der Waals surface area contributed by atoms with Crippen LogP contribution in [0.15, 0.2) is 82.7 Å². The molecule has 0 N–H and O–H groups in total. The highest BCUT2D eigenvalue weighted by molar-refractivity contribution is 7.16. The van der Waals surface area contributed by atoms with E-state index in [4.69, 9.17) is 19.0 Å². The Morgan fingerprint density at radius 2 is 1.69 bits per heavy atom. The van der Waals surface area contributed by atoms with E-state index in [2.05, 4.69) is 5.16 Å². The summed E-state index contributed by atoms with van der Waals surface area (Å²) in [7, 11) is 2.85. The zero-order chi connectivity index (χ0) is 27.8. The van der Waals surface area contributed by atoms with Crippen LogP contribution in [0.5, 0.6) is 11.5 Å². The highest BCUT2D eigenvalue weighted by Gasteiger charge is 2.31. The number of aryl methyl sites for hydroxylation is 1. The van der Waals surface area contributed by atoms with Crippen LogP contribution in [0, 0.1) is 0 Å². The normalized spacial score (nSPS) is 11.8. The van der Waals surface area contributed by atoms with E-state index in [9.17, 15) is 9.59 Å². The summed E-state index contributed by atoms with van der Waals surface area (Å²) < 4.78 is 19.2. The van der Waals surface area contributed by atoms with Gasteiger partial charge in [-0.1, -0.05) is 59.0 Å². The minimum Gasteiger partial charge on any atom is -0.493 e. The summed E-state index contributed by atoms with van der Waals surface area (Å²) in [6.45, 7) is 4.38. The SMILES string of the molecule is CON=C(c1ccccc1)c1ccc2c(c1)sc(=O)n2CCCCOc1cccc(OC(C)(C)C(=O)OC)c1. The summed E-state index contributed by atoms with van der Waals surface area (Å²) in [6.07, 6.45) is 1.54. The molecular weight excluding hydrogens is 516 g/mol. The van der Waals surface area contributed by atoms with Gasteiger partial charge >= 0.3 is 10.8 Å². The van der Waals surface area contributed by atoms with Crippen LogP contribution >= 0.6 is 11.3 Å². The summed E-state index contributed by atoms with van der Waals surface area (Å²) in [5, 5.41) is 4.22. The molecule has 1 heterocycles. The molecule has 204 valence electrons. The molecule has 0 fully saturated rings. The molecule has 0 aliphatic carbocycles. The molecule has 9 heteroatoms. The van der Waals surface area contributed by atoms with Gasteiger partial charge < -0.3 is 19.0 Å². The zero-order valence-electron chi connectivity index (χ0n) is 22.5. The van der Waals surface area contributed by atoms with Crippen molar-refractivity contribution in [1.82, 2.24) is 4.57 Å². The number of unbranched alkanes of at least 4 members (excludes halogenated alkanes) is 1. The number of hydrogen-bond donors (Lipinski definition) is 0. The number of esters is 1. The second kappa shape index (κ2) is 12.6. The van der Waals surface area contributed by atoms with Crippen molar-refractivity contribution in [2.75, 3.05) is 20.8 Å². The van der Waals surface area contributed by atoms with Gasteiger partial charge in [-0.2, -0.15) is 0 Å². The molecule has 0 amide bonds. The fourth-order valence-corrected chi connectivity index (χ4v) is 5.11. The van der Waals surface area contributed by atoms with E-state index in [1.807, 2.05) is 65.2 Å². The van der Waals surface area contributed by atoms with Crippen LogP contribution in [0.25, 0.3) is 10.2 Å². The Morgan fingerprint density at radius 1 is 0.923 bits per heavy atom. The lowest BCUT2D eigenvalue weighted by Crippen LogP contribution is -2.39. The van der Waals surface area contributed by atoms with Gasteiger partial charge in [0.05, 0.1) is 23.9 Å². The molecule has 0 atom stereocenters. The second-order valence-corrected chi connectivity index (χ2v) is 10.3. The Morgan fingerprint density at radius 3 is 2.44 bits per heavy atom. The number of ether oxygens (including phenoxy) is 3. The number of thiazole rings is 1. The number of hydrogen-bond acceptors (Lipinski definition) is 8. The predicted octanol–water partition coefficient (Wildman–Crippen LogP) is 5.65. The van der Waals surface area contributed by atoms with Crippen LogP contribution in [0.2, 0.25) is 0 Å². The first-order valence-electron chi connectivity index (χ1n) is 12.6. The highest BCUT2D eigenvalue weighted by Crippen LogP contribution is 2.25. The smallest absolute Gasteiger partial charge is 0.349 e. The first kappa shape index (κ1) is 27.9. The molecule has 39 heavy (non-hydrogen) atoms. The standard InChI is InChI=1S/C30H32N2O6S/c1-30(2,28(33)35-3)38-24-14-10-13-23(20-24)37-18-9-8-17-32-25-16-15-22(19-26(25)39-29(32)34)27(31-36-4)21-11-6-5-7-12-21/h5-7,10-16,19-20H,8-9,17-18H2,1-4H3. The number of carbonyl (C=O) groups is 1. The lowest BCUT2D eigenvalue weighted by atomic mass is 10.0. The molecule has 0 saturated carbocycles. The molecule has 0 aliphatic heterocycles. The van der Waals surface area contributed by atoms with Crippen molar-refractivity contribution < 1.29 is 23.8 Å². The predicted molar refractivity (Wildman–Crippen MR) is 153 cm³/mol. The Balaban J connectivity index is 1.36. The Bertz CT molecular complexity index is 1510. The van der Waals surface area contributed by atoms with Gasteiger partial charge in [0.1, 0.15) is 24.3 Å². The lowest BCUT2D eigenvalue weighted by molar-refractivity contribution is -0.156. The average molecular weight is 549 g/mol. The summed E-state index contributed by atoms with van der Waals surface area (Å²) in [5.74, 6) is 0.705. The van der Waals surface area contributed by atoms with Gasteiger partial charge in [-0.05, 0) is 51.0 Å². The van der Waals surface area contributed by atoms with Crippen molar-refractivity contribution in [3.05, 3.63) is 93.6 Å². The van der Waals surface area contributed by atoms with Gasteiger partial charge in [-0.3, -0.25) is 9.36 Å². The van der Waals surface area contributed by atoms with Crippen LogP contribution in [-0.4, -0.2) is 42.7 Å². The van der Waals surface area contributed by atoms with Gasteiger partial charge in [0.15, 0.2) is 5.60 Å². The number of methoxy groups -OCH3 is 1. The number of oxime groups is 1. The average Bonchev–Trinajstić information content (AvgIpc) is 3.25. The molecule has 3 aromatic carbocycles. The molecule has 4 aromatic rings. The van der Waals surface area contributed by atoms with Crippen LogP contribution in [0.1, 0.15) is 37.8 Å². The number of nitrogens with zero attached hydrogens (tertiary/aromatic N) is 2. The summed E-state index contributed by atoms with van der Waals surface area (Å²) in [4.78, 5) is 29.8. The zero-order valence-corrected chi connectivity index (χ0v) is 23.3. The minimum absolute atomic E-state index is 0.00563. The van der Waals surface area contributed by atoms with Crippen LogP contribution in [0.3, 0.4) is 0 Å². The van der Waals surface area contributed by atoms with Crippen molar-refractivity contribution in [2.45, 2.75) is 38.8 Å². The summed E-state index contributed by atoms with van der Waals surface area (Å²) in [5.41, 5.74) is 2.34. The molecule has 0 unspecified atom stereocenters. The van der Waals surface area contributed by atoms with Gasteiger partial charge in [0.2, 0.25) is 0 Å². The van der Waals surface area contributed by atoms with E-state index in [0.29, 0.717) is 30.4 Å². The van der Waals surface area contributed by atoms with Crippen molar-refractivity contribution in [1.29, 1.82) is 0 Å². The third kappa shape index (κ3) is 6.86. The number of benzene rings is 3. The molecule has 0 bridgehead atoms. The Kier molecular flexibility index (Phi) is 9.03. The first-order valence-corrected chi connectivity index (χ1v) is 13.4. The molecule has 1 aromatic heterocycles. The molecule has 0 radical (unpaired) electrons. The van der Waals surface area contributed by atoms with E-state index in [0.717, 1.165) is 34.2 Å². The minimum atomic E-state index is -1.11. The van der Waals surface area contributed by atoms with Crippen LogP contribution < -0.4 is 14.3 Å². The maximum Gasteiger partial charge on any atom is 0.349 e. The maximum atomic E-state index is 12.8. The number of fused-ring (bicyclic) bond motifs is 1. The largest absolute Gasteiger partial charge is 0.493 e. The van der Waals surface area contributed by atoms with E-state index in [-0.39, 0.29) is 4.87 Å². The van der Waals surface area contributed by atoms with Gasteiger partial charge in [-0.25, -0.2) is 4.79 Å². The maximum absolute atomic E-state index is 12.8. The third-order valence-electron chi connectivity index (χ3n) is 6.07. The van der Waals surface area contributed by atoms with Crippen molar-refractivity contribution in [3.8, 4) is 11.5 Å². The fourth-order valence-electron chi connectivity index (χ4n) is 4.16. The molecule has 8 nitrogen and oxygen atoms in total. The van der Waals surface area contributed by atoms with Crippen molar-refractivity contribution >= 4 is 33.2 Å². The van der Waals surface area contributed by atoms with E-state index >= 15 is 0 Å². The molecule has 0 saturated heterocycles. The van der Waals surface area contributed by atoms with Gasteiger partial charge in [0, 0.05) is 23.7 Å². The quantitative estimate of drug-likeness (QED) is 0.0984. The third-order valence-corrected chi connectivity index (χ3v) is 7.01. The molecule has 0 aliphatic rings. The van der Waals surface area contributed by atoms with E-state index in [1.54, 1.807) is 26.0 Å². The molecule has 0 spiro atoms. The molecular formula is C30H32N2O6S. The van der Waals surface area contributed by atoms with Crippen LogP contribution in [-0.2, 0) is 20.9 Å². The van der Waals surface area contributed by atoms with Gasteiger partial charge in [0.25, 0.3) is 0 Å². The van der Waals surface area contributed by atoms with Gasteiger partial charge in [-0.15, -0.1) is 0 Å². The molecule has 4 rings (SSSR count). The van der Waals surface area contributed by atoms with E-state index in [1.165, 1.54) is 25.6 Å². The topological polar surface area (TPSA) is 88.4 Å². The lowest BCUT2D eigenvalue weighted by Gasteiger charge is -2.23. The summed E-state index contributed by atoms with van der Waals surface area (Å²) in [6, 6.07) is 22.9. The fraction of sp³-hybridized carbons (Fsp3) is 0.300. The van der Waals surface area contributed by atoms with Crippen LogP contribution in [0.4, 0.5) is 0 Å². The highest BCUT2D eigenvalue weighted by atomic mass is 32.1.